The zero-order chi connectivity index (χ0) is 19.5. The fourth-order valence-corrected chi connectivity index (χ4v) is 4.51. The second-order valence-corrected chi connectivity index (χ2v) is 8.40. The number of hydrogen-bond acceptors (Lipinski definition) is 4. The Bertz CT molecular complexity index is 897. The summed E-state index contributed by atoms with van der Waals surface area (Å²) in [5.74, 6) is 1.15. The molecule has 0 unspecified atom stereocenters. The lowest BCUT2D eigenvalue weighted by atomic mass is 9.95. The zero-order valence-corrected chi connectivity index (χ0v) is 16.9. The topological polar surface area (TPSA) is 69.3 Å². The van der Waals surface area contributed by atoms with E-state index in [-0.39, 0.29) is 11.5 Å². The molecule has 2 aromatic rings. The first-order valence-corrected chi connectivity index (χ1v) is 10.7. The Balaban J connectivity index is 1.36. The molecule has 2 aliphatic heterocycles. The van der Waals surface area contributed by atoms with E-state index in [1.165, 1.54) is 12.8 Å². The molecule has 0 bridgehead atoms. The molecule has 4 rings (SSSR count). The summed E-state index contributed by atoms with van der Waals surface area (Å²) in [4.78, 5) is 36.9. The molecular weight excluding hydrogens is 376 g/mol. The Labute approximate surface area is 169 Å². The second-order valence-electron chi connectivity index (χ2n) is 7.96. The van der Waals surface area contributed by atoms with Gasteiger partial charge in [-0.2, -0.15) is 0 Å². The Morgan fingerprint density at radius 2 is 1.82 bits per heavy atom. The first kappa shape index (κ1) is 19.4. The van der Waals surface area contributed by atoms with Gasteiger partial charge in [-0.1, -0.05) is 24.4 Å². The normalized spacial score (nSPS) is 19.7. The van der Waals surface area contributed by atoms with E-state index >= 15 is 0 Å². The monoisotopic (exact) mass is 402 g/mol. The van der Waals surface area contributed by atoms with Crippen LogP contribution in [0, 0.1) is 5.92 Å². The molecule has 1 aromatic heterocycles. The number of piperidine rings is 1. The number of halogens is 1. The molecule has 2 fully saturated rings. The highest BCUT2D eigenvalue weighted by molar-refractivity contribution is 6.31. The van der Waals surface area contributed by atoms with Crippen molar-refractivity contribution >= 4 is 28.4 Å². The van der Waals surface area contributed by atoms with E-state index in [0.29, 0.717) is 34.2 Å². The van der Waals surface area contributed by atoms with Crippen LogP contribution < -0.4 is 5.56 Å². The SMILES string of the molecule is O=C(C1CCN(Cc2nc3ccc(Cl)cc3c(=O)[nH]2)CC1)N1CCCCCC1. The quantitative estimate of drug-likeness (QED) is 0.855. The van der Waals surface area contributed by atoms with Gasteiger partial charge in [-0.15, -0.1) is 0 Å². The summed E-state index contributed by atoms with van der Waals surface area (Å²) < 4.78 is 0. The van der Waals surface area contributed by atoms with Crippen molar-refractivity contribution in [2.45, 2.75) is 45.1 Å². The van der Waals surface area contributed by atoms with E-state index in [1.54, 1.807) is 18.2 Å². The molecular formula is C21H27ClN4O2. The minimum Gasteiger partial charge on any atom is -0.342 e. The van der Waals surface area contributed by atoms with Crippen LogP contribution in [0.5, 0.6) is 0 Å². The number of aromatic nitrogens is 2. The molecule has 0 aliphatic carbocycles. The minimum absolute atomic E-state index is 0.139. The highest BCUT2D eigenvalue weighted by Crippen LogP contribution is 2.23. The molecule has 1 aromatic carbocycles. The van der Waals surface area contributed by atoms with E-state index in [2.05, 4.69) is 19.8 Å². The van der Waals surface area contributed by atoms with Crippen LogP contribution in [-0.2, 0) is 11.3 Å². The van der Waals surface area contributed by atoms with Crippen LogP contribution in [0.1, 0.15) is 44.3 Å². The second kappa shape index (κ2) is 8.62. The highest BCUT2D eigenvalue weighted by atomic mass is 35.5. The van der Waals surface area contributed by atoms with Crippen molar-refractivity contribution in [3.05, 3.63) is 39.4 Å². The van der Waals surface area contributed by atoms with Gasteiger partial charge < -0.3 is 9.88 Å². The number of likely N-dealkylation sites (tertiary alicyclic amines) is 2. The lowest BCUT2D eigenvalue weighted by molar-refractivity contribution is -0.137. The highest BCUT2D eigenvalue weighted by Gasteiger charge is 2.29. The summed E-state index contributed by atoms with van der Waals surface area (Å²) >= 11 is 5.97. The fraction of sp³-hybridized carbons (Fsp3) is 0.571. The molecule has 150 valence electrons. The number of carbonyl (C=O) groups excluding carboxylic acids is 1. The van der Waals surface area contributed by atoms with Crippen LogP contribution in [0.25, 0.3) is 10.9 Å². The van der Waals surface area contributed by atoms with Crippen molar-refractivity contribution in [3.8, 4) is 0 Å². The smallest absolute Gasteiger partial charge is 0.258 e. The van der Waals surface area contributed by atoms with Crippen LogP contribution >= 0.6 is 11.6 Å². The number of fused-ring (bicyclic) bond motifs is 1. The Kier molecular flexibility index (Phi) is 5.97. The Morgan fingerprint density at radius 1 is 1.11 bits per heavy atom. The molecule has 2 saturated heterocycles. The van der Waals surface area contributed by atoms with Gasteiger partial charge in [0.15, 0.2) is 0 Å². The van der Waals surface area contributed by atoms with Gasteiger partial charge in [0.1, 0.15) is 5.82 Å². The predicted molar refractivity (Wildman–Crippen MR) is 110 cm³/mol. The van der Waals surface area contributed by atoms with Gasteiger partial charge in [0.2, 0.25) is 5.91 Å². The lowest BCUT2D eigenvalue weighted by Gasteiger charge is -2.33. The molecule has 7 heteroatoms. The number of benzene rings is 1. The van der Waals surface area contributed by atoms with E-state index < -0.39 is 0 Å². The van der Waals surface area contributed by atoms with Gasteiger partial charge in [-0.25, -0.2) is 4.98 Å². The summed E-state index contributed by atoms with van der Waals surface area (Å²) in [6, 6.07) is 5.18. The number of H-pyrrole nitrogens is 1. The number of aromatic amines is 1. The van der Waals surface area contributed by atoms with Crippen LogP contribution in [0.3, 0.4) is 0 Å². The number of carbonyl (C=O) groups is 1. The molecule has 1 N–H and O–H groups in total. The van der Waals surface area contributed by atoms with Gasteiger partial charge >= 0.3 is 0 Å². The third kappa shape index (κ3) is 4.39. The number of hydrogen-bond donors (Lipinski definition) is 1. The predicted octanol–water partition coefficient (Wildman–Crippen LogP) is 3.19. The van der Waals surface area contributed by atoms with Crippen molar-refractivity contribution < 1.29 is 4.79 Å². The van der Waals surface area contributed by atoms with Gasteiger partial charge in [-0.3, -0.25) is 14.5 Å². The zero-order valence-electron chi connectivity index (χ0n) is 16.1. The molecule has 6 nitrogen and oxygen atoms in total. The molecule has 0 atom stereocenters. The summed E-state index contributed by atoms with van der Waals surface area (Å²) in [6.07, 6.45) is 6.51. The molecule has 3 heterocycles. The van der Waals surface area contributed by atoms with Crippen molar-refractivity contribution in [2.24, 2.45) is 5.92 Å². The maximum Gasteiger partial charge on any atom is 0.258 e. The van der Waals surface area contributed by atoms with E-state index in [9.17, 15) is 9.59 Å². The number of rotatable bonds is 3. The van der Waals surface area contributed by atoms with E-state index in [4.69, 9.17) is 11.6 Å². The van der Waals surface area contributed by atoms with Crippen molar-refractivity contribution in [2.75, 3.05) is 26.2 Å². The number of amides is 1. The standard InChI is InChI=1S/C21H27ClN4O2/c22-16-5-6-18-17(13-16)20(27)24-19(23-18)14-25-11-7-15(8-12-25)21(28)26-9-3-1-2-4-10-26/h5-6,13,15H,1-4,7-12,14H2,(H,23,24,27). The van der Waals surface area contributed by atoms with Crippen molar-refractivity contribution in [3.63, 3.8) is 0 Å². The molecule has 2 aliphatic rings. The number of nitrogens with zero attached hydrogens (tertiary/aromatic N) is 3. The summed E-state index contributed by atoms with van der Waals surface area (Å²) in [5, 5.41) is 1.04. The summed E-state index contributed by atoms with van der Waals surface area (Å²) in [5.41, 5.74) is 0.503. The van der Waals surface area contributed by atoms with Gasteiger partial charge in [-0.05, 0) is 57.0 Å². The largest absolute Gasteiger partial charge is 0.342 e. The first-order chi connectivity index (χ1) is 13.6. The molecule has 1 amide bonds. The summed E-state index contributed by atoms with van der Waals surface area (Å²) in [7, 11) is 0. The van der Waals surface area contributed by atoms with Crippen molar-refractivity contribution in [1.29, 1.82) is 0 Å². The van der Waals surface area contributed by atoms with E-state index in [0.717, 1.165) is 51.9 Å². The maximum atomic E-state index is 12.8. The fourth-order valence-electron chi connectivity index (χ4n) is 4.33. The van der Waals surface area contributed by atoms with E-state index in [1.807, 2.05) is 0 Å². The minimum atomic E-state index is -0.159. The van der Waals surface area contributed by atoms with Crippen LogP contribution in [-0.4, -0.2) is 51.9 Å². The Hall–Kier alpha value is -1.92. The van der Waals surface area contributed by atoms with Gasteiger partial charge in [0, 0.05) is 24.0 Å². The Morgan fingerprint density at radius 3 is 2.54 bits per heavy atom. The first-order valence-electron chi connectivity index (χ1n) is 10.3. The maximum absolute atomic E-state index is 12.8. The molecule has 0 saturated carbocycles. The average molecular weight is 403 g/mol. The number of nitrogens with one attached hydrogen (secondary N) is 1. The van der Waals surface area contributed by atoms with Gasteiger partial charge in [0.25, 0.3) is 5.56 Å². The lowest BCUT2D eigenvalue weighted by Crippen LogP contribution is -2.43. The molecule has 28 heavy (non-hydrogen) atoms. The summed E-state index contributed by atoms with van der Waals surface area (Å²) in [6.45, 7) is 4.15. The molecule has 0 spiro atoms. The van der Waals surface area contributed by atoms with Crippen molar-refractivity contribution in [1.82, 2.24) is 19.8 Å². The average Bonchev–Trinajstić information content (AvgIpc) is 2.98. The van der Waals surface area contributed by atoms with Gasteiger partial charge in [0.05, 0.1) is 17.4 Å². The third-order valence-corrected chi connectivity index (χ3v) is 6.18. The van der Waals surface area contributed by atoms with Crippen LogP contribution in [0.4, 0.5) is 0 Å². The third-order valence-electron chi connectivity index (χ3n) is 5.94. The van der Waals surface area contributed by atoms with Crippen LogP contribution in [0.15, 0.2) is 23.0 Å². The van der Waals surface area contributed by atoms with Crippen LogP contribution in [0.2, 0.25) is 5.02 Å². The molecule has 0 radical (unpaired) electrons.